The number of hydrogen-bond acceptors (Lipinski definition) is 3. The first-order valence-corrected chi connectivity index (χ1v) is 12.3. The van der Waals surface area contributed by atoms with Gasteiger partial charge in [0, 0.05) is 16.9 Å². The molecule has 0 bridgehead atoms. The summed E-state index contributed by atoms with van der Waals surface area (Å²) in [6.45, 7) is 0. The Morgan fingerprint density at radius 3 is 1.71 bits per heavy atom. The summed E-state index contributed by atoms with van der Waals surface area (Å²) in [5.41, 5.74) is 5.61. The molecule has 0 aliphatic heterocycles. The first-order valence-electron chi connectivity index (χ1n) is 11.5. The lowest BCUT2D eigenvalue weighted by Crippen LogP contribution is -1.94. The molecule has 4 heteroatoms. The van der Waals surface area contributed by atoms with Gasteiger partial charge in [0.1, 0.15) is 0 Å². The Labute approximate surface area is 210 Å². The number of pyridine rings is 3. The number of benzene rings is 4. The molecule has 7 aromatic rings. The van der Waals surface area contributed by atoms with Crippen molar-refractivity contribution in [2.75, 3.05) is 0 Å². The number of halogens is 1. The summed E-state index contributed by atoms with van der Waals surface area (Å²) in [5.74, 6) is 0. The van der Waals surface area contributed by atoms with Crippen molar-refractivity contribution in [1.82, 2.24) is 15.0 Å². The fourth-order valence-corrected chi connectivity index (χ4v) is 5.46. The van der Waals surface area contributed by atoms with E-state index in [4.69, 9.17) is 4.98 Å². The van der Waals surface area contributed by atoms with Gasteiger partial charge >= 0.3 is 0 Å². The average Bonchev–Trinajstić information content (AvgIpc) is 2.93. The van der Waals surface area contributed by atoms with Gasteiger partial charge in [0.05, 0.1) is 22.8 Å². The molecule has 3 aromatic heterocycles. The predicted molar refractivity (Wildman–Crippen MR) is 148 cm³/mol. The van der Waals surface area contributed by atoms with Crippen molar-refractivity contribution in [2.45, 2.75) is 0 Å². The van der Waals surface area contributed by atoms with Gasteiger partial charge in [-0.1, -0.05) is 70.5 Å². The fraction of sp³-hybridized carbons (Fsp3) is 0. The van der Waals surface area contributed by atoms with Crippen LogP contribution in [0.2, 0.25) is 0 Å². The topological polar surface area (TPSA) is 38.7 Å². The zero-order valence-corrected chi connectivity index (χ0v) is 20.2. The highest BCUT2D eigenvalue weighted by atomic mass is 79.9. The highest BCUT2D eigenvalue weighted by Crippen LogP contribution is 2.42. The summed E-state index contributed by atoms with van der Waals surface area (Å²) in [6, 6.07) is 33.7. The van der Waals surface area contributed by atoms with Crippen LogP contribution in [0.25, 0.3) is 66.2 Å². The maximum atomic E-state index is 4.94. The van der Waals surface area contributed by atoms with Gasteiger partial charge in [0.15, 0.2) is 0 Å². The molecule has 0 N–H and O–H groups in total. The van der Waals surface area contributed by atoms with E-state index in [9.17, 15) is 0 Å². The third-order valence-corrected chi connectivity index (χ3v) is 7.29. The van der Waals surface area contributed by atoms with E-state index >= 15 is 0 Å². The summed E-state index contributed by atoms with van der Waals surface area (Å²) < 4.78 is 1.11. The molecule has 3 heterocycles. The van der Waals surface area contributed by atoms with E-state index in [1.807, 2.05) is 36.4 Å². The Morgan fingerprint density at radius 2 is 1.09 bits per heavy atom. The molecule has 0 spiro atoms. The van der Waals surface area contributed by atoms with Gasteiger partial charge in [-0.25, -0.2) is 4.98 Å². The Bertz CT molecular complexity index is 1790. The van der Waals surface area contributed by atoms with Gasteiger partial charge < -0.3 is 0 Å². The fourth-order valence-electron chi connectivity index (χ4n) is 4.99. The van der Waals surface area contributed by atoms with Crippen molar-refractivity contribution in [3.05, 3.63) is 114 Å². The minimum Gasteiger partial charge on any atom is -0.255 e. The molecule has 0 unspecified atom stereocenters. The molecule has 3 nitrogen and oxygen atoms in total. The largest absolute Gasteiger partial charge is 0.255 e. The molecule has 7 rings (SSSR count). The maximum Gasteiger partial charge on any atom is 0.0900 e. The van der Waals surface area contributed by atoms with Crippen molar-refractivity contribution in [1.29, 1.82) is 0 Å². The van der Waals surface area contributed by atoms with Crippen molar-refractivity contribution in [3.63, 3.8) is 0 Å². The van der Waals surface area contributed by atoms with Gasteiger partial charge in [0.2, 0.25) is 0 Å². The molecule has 35 heavy (non-hydrogen) atoms. The summed E-state index contributed by atoms with van der Waals surface area (Å²) in [4.78, 5) is 14.1. The van der Waals surface area contributed by atoms with E-state index in [-0.39, 0.29) is 0 Å². The number of hydrogen-bond donors (Lipinski definition) is 0. The van der Waals surface area contributed by atoms with Crippen LogP contribution in [0, 0.1) is 0 Å². The van der Waals surface area contributed by atoms with Crippen LogP contribution in [-0.2, 0) is 0 Å². The third-order valence-electron chi connectivity index (χ3n) is 6.60. The summed E-state index contributed by atoms with van der Waals surface area (Å²) >= 11 is 3.75. The molecule has 0 atom stereocenters. The van der Waals surface area contributed by atoms with Gasteiger partial charge in [-0.05, 0) is 85.9 Å². The SMILES string of the molecule is Brc1ccc2ccc3c(-c4cc(-c5ccccn5)nc(-c5ccccn5)c4)ccc4ccc1c2c43. The van der Waals surface area contributed by atoms with Crippen LogP contribution in [0.5, 0.6) is 0 Å². The zero-order chi connectivity index (χ0) is 23.4. The maximum absolute atomic E-state index is 4.94. The van der Waals surface area contributed by atoms with Crippen molar-refractivity contribution < 1.29 is 0 Å². The van der Waals surface area contributed by atoms with E-state index < -0.39 is 0 Å². The van der Waals surface area contributed by atoms with E-state index in [2.05, 4.69) is 86.6 Å². The van der Waals surface area contributed by atoms with Crippen LogP contribution in [-0.4, -0.2) is 15.0 Å². The molecule has 0 radical (unpaired) electrons. The quantitative estimate of drug-likeness (QED) is 0.223. The van der Waals surface area contributed by atoms with Crippen molar-refractivity contribution in [2.24, 2.45) is 0 Å². The Kier molecular flexibility index (Phi) is 4.61. The minimum atomic E-state index is 0.831. The lowest BCUT2D eigenvalue weighted by atomic mass is 9.89. The summed E-state index contributed by atoms with van der Waals surface area (Å²) in [6.07, 6.45) is 3.61. The minimum absolute atomic E-state index is 0.831. The van der Waals surface area contributed by atoms with E-state index in [1.165, 1.54) is 37.9 Å². The second kappa shape index (κ2) is 7.97. The molecule has 0 aliphatic rings. The van der Waals surface area contributed by atoms with Crippen LogP contribution < -0.4 is 0 Å². The van der Waals surface area contributed by atoms with Gasteiger partial charge in [0.25, 0.3) is 0 Å². The van der Waals surface area contributed by atoms with E-state index in [1.54, 1.807) is 12.4 Å². The monoisotopic (exact) mass is 511 g/mol. The molecule has 164 valence electrons. The van der Waals surface area contributed by atoms with Crippen LogP contribution in [0.3, 0.4) is 0 Å². The highest BCUT2D eigenvalue weighted by Gasteiger charge is 2.16. The average molecular weight is 512 g/mol. The van der Waals surface area contributed by atoms with E-state index in [0.29, 0.717) is 0 Å². The van der Waals surface area contributed by atoms with Crippen molar-refractivity contribution in [3.8, 4) is 33.9 Å². The smallest absolute Gasteiger partial charge is 0.0900 e. The first kappa shape index (κ1) is 20.2. The molecule has 0 amide bonds. The summed E-state index contributed by atoms with van der Waals surface area (Å²) in [5, 5.41) is 7.52. The van der Waals surface area contributed by atoms with Crippen molar-refractivity contribution >= 4 is 48.2 Å². The standard InChI is InChI=1S/C31H18BrN3/c32-25-14-10-20-8-12-23-22(11-7-19-9-13-24(25)31(20)30(19)23)21-17-28(26-5-1-3-15-33-26)35-29(18-21)27-6-2-4-16-34-27/h1-18H. The number of rotatable bonds is 3. The normalized spacial score (nSPS) is 11.6. The predicted octanol–water partition coefficient (Wildman–Crippen LogP) is 8.53. The third kappa shape index (κ3) is 3.29. The lowest BCUT2D eigenvalue weighted by molar-refractivity contribution is 1.22. The molecule has 0 saturated carbocycles. The van der Waals surface area contributed by atoms with Crippen LogP contribution in [0.1, 0.15) is 0 Å². The Morgan fingerprint density at radius 1 is 0.514 bits per heavy atom. The molecular formula is C31H18BrN3. The molecule has 0 aliphatic carbocycles. The molecule has 0 fully saturated rings. The Hall–Kier alpha value is -4.15. The highest BCUT2D eigenvalue weighted by molar-refractivity contribution is 9.10. The molecular weight excluding hydrogens is 494 g/mol. The number of nitrogens with zero attached hydrogens (tertiary/aromatic N) is 3. The van der Waals surface area contributed by atoms with Gasteiger partial charge in [-0.3, -0.25) is 9.97 Å². The second-order valence-electron chi connectivity index (χ2n) is 8.64. The molecule has 4 aromatic carbocycles. The first-order chi connectivity index (χ1) is 17.3. The summed E-state index contributed by atoms with van der Waals surface area (Å²) in [7, 11) is 0. The van der Waals surface area contributed by atoms with E-state index in [0.717, 1.165) is 32.8 Å². The number of aromatic nitrogens is 3. The van der Waals surface area contributed by atoms with Crippen LogP contribution >= 0.6 is 15.9 Å². The zero-order valence-electron chi connectivity index (χ0n) is 18.6. The van der Waals surface area contributed by atoms with Crippen LogP contribution in [0.4, 0.5) is 0 Å². The molecule has 0 saturated heterocycles. The second-order valence-corrected chi connectivity index (χ2v) is 9.49. The van der Waals surface area contributed by atoms with Gasteiger partial charge in [-0.2, -0.15) is 0 Å². The lowest BCUT2D eigenvalue weighted by Gasteiger charge is -2.16. The van der Waals surface area contributed by atoms with Crippen LogP contribution in [0.15, 0.2) is 114 Å². The Balaban J connectivity index is 1.55. The van der Waals surface area contributed by atoms with Gasteiger partial charge in [-0.15, -0.1) is 0 Å².